The SMILES string of the molecule is Cc1c(C)c(O[Si](C)(C)C(C)(C)C)c2c(c1O[Si](C)(C)C(C)(C)C)C#Cc1c(c(O[Si](C)(C)C(C)(C)C)c(C)c(C)c1O[Si](C)(C)C(C)(C)C)C#Cc1c(c(O[Si](C)(C)C(C)(C)C)c(C)c(C)c1O[Si](C)(C)C(C)(C)C)C#C2. The molecule has 0 saturated carbocycles. The van der Waals surface area contributed by atoms with Crippen LogP contribution in [0.4, 0.5) is 0 Å². The average Bonchev–Trinajstić information content (AvgIpc) is 3.22. The first-order valence-electron chi connectivity index (χ1n) is 28.7. The molecule has 6 nitrogen and oxygen atoms in total. The van der Waals surface area contributed by atoms with E-state index in [0.29, 0.717) is 33.4 Å². The number of fused-ring (bicyclic) bond motifs is 3. The van der Waals surface area contributed by atoms with E-state index in [4.69, 9.17) is 26.6 Å². The summed E-state index contributed by atoms with van der Waals surface area (Å²) >= 11 is 0. The molecule has 0 bridgehead atoms. The zero-order chi connectivity index (χ0) is 60.9. The summed E-state index contributed by atoms with van der Waals surface area (Å²) in [6.45, 7) is 82.0. The van der Waals surface area contributed by atoms with Gasteiger partial charge < -0.3 is 26.6 Å². The molecule has 0 saturated heterocycles. The first-order chi connectivity index (χ1) is 34.5. The normalized spacial score (nSPS) is 14.2. The average molecular weight is 1170 g/mol. The van der Waals surface area contributed by atoms with Gasteiger partial charge in [0.25, 0.3) is 49.9 Å². The van der Waals surface area contributed by atoms with Crippen molar-refractivity contribution in [2.45, 2.75) is 275 Å². The Balaban J connectivity index is 2.71. The van der Waals surface area contributed by atoms with Gasteiger partial charge in [-0.25, -0.2) is 0 Å². The zero-order valence-corrected chi connectivity index (χ0v) is 62.4. The van der Waals surface area contributed by atoms with Crippen LogP contribution in [-0.2, 0) is 0 Å². The van der Waals surface area contributed by atoms with Gasteiger partial charge in [0.05, 0.1) is 33.4 Å². The molecule has 432 valence electrons. The highest BCUT2D eigenvalue weighted by molar-refractivity contribution is 6.77. The molecule has 1 aliphatic rings. The second kappa shape index (κ2) is 21.3. The quantitative estimate of drug-likeness (QED) is 0.104. The van der Waals surface area contributed by atoms with Crippen LogP contribution in [0.5, 0.6) is 34.5 Å². The molecule has 4 rings (SSSR count). The summed E-state index contributed by atoms with van der Waals surface area (Å²) in [6, 6.07) is 0. The van der Waals surface area contributed by atoms with Crippen LogP contribution in [0, 0.1) is 77.1 Å². The van der Waals surface area contributed by atoms with Crippen LogP contribution in [0.1, 0.15) is 191 Å². The van der Waals surface area contributed by atoms with Crippen LogP contribution < -0.4 is 26.6 Å². The van der Waals surface area contributed by atoms with E-state index in [9.17, 15) is 0 Å². The molecule has 0 fully saturated rings. The maximum Gasteiger partial charge on any atom is 0.250 e. The molecule has 0 aliphatic heterocycles. The molecule has 0 heterocycles. The minimum atomic E-state index is -2.53. The van der Waals surface area contributed by atoms with E-state index < -0.39 is 49.9 Å². The van der Waals surface area contributed by atoms with E-state index in [0.717, 1.165) is 67.9 Å². The lowest BCUT2D eigenvalue weighted by Crippen LogP contribution is -2.45. The predicted molar refractivity (Wildman–Crippen MR) is 353 cm³/mol. The van der Waals surface area contributed by atoms with E-state index in [2.05, 4.69) is 280 Å². The molecule has 3 aromatic carbocycles. The number of hydrogen-bond donors (Lipinski definition) is 0. The number of hydrogen-bond acceptors (Lipinski definition) is 6. The highest BCUT2D eigenvalue weighted by Gasteiger charge is 2.47. The van der Waals surface area contributed by atoms with Crippen molar-refractivity contribution in [2.75, 3.05) is 0 Å². The molecule has 0 unspecified atom stereocenters. The Bertz CT molecular complexity index is 2520. The summed E-state index contributed by atoms with van der Waals surface area (Å²) in [4.78, 5) is 0. The highest BCUT2D eigenvalue weighted by atomic mass is 28.4. The second-order valence-corrected chi connectivity index (χ2v) is 60.2. The third kappa shape index (κ3) is 13.2. The smallest absolute Gasteiger partial charge is 0.250 e. The van der Waals surface area contributed by atoms with Gasteiger partial charge in [0.15, 0.2) is 0 Å². The Hall–Kier alpha value is -3.56. The lowest BCUT2D eigenvalue weighted by molar-refractivity contribution is 0.474. The summed E-state index contributed by atoms with van der Waals surface area (Å²) in [5.74, 6) is 27.8. The van der Waals surface area contributed by atoms with Crippen LogP contribution in [0.15, 0.2) is 0 Å². The molecule has 12 heteroatoms. The topological polar surface area (TPSA) is 55.4 Å². The highest BCUT2D eigenvalue weighted by Crippen LogP contribution is 2.51. The van der Waals surface area contributed by atoms with Crippen molar-refractivity contribution in [3.05, 3.63) is 66.8 Å². The summed E-state index contributed by atoms with van der Waals surface area (Å²) in [5.41, 5.74) is 10.1. The van der Waals surface area contributed by atoms with Gasteiger partial charge in [0, 0.05) is 0 Å². The molecule has 0 radical (unpaired) electrons. The summed E-state index contributed by atoms with van der Waals surface area (Å²) < 4.78 is 45.7. The van der Waals surface area contributed by atoms with Gasteiger partial charge in [-0.3, -0.25) is 0 Å². The van der Waals surface area contributed by atoms with Gasteiger partial charge in [0.1, 0.15) is 34.5 Å². The number of benzene rings is 3. The van der Waals surface area contributed by atoms with Gasteiger partial charge >= 0.3 is 0 Å². The third-order valence-corrected chi connectivity index (χ3v) is 45.7. The Morgan fingerprint density at radius 3 is 0.372 bits per heavy atom. The molecule has 1 aliphatic carbocycles. The Kier molecular flexibility index (Phi) is 18.3. The molecule has 78 heavy (non-hydrogen) atoms. The van der Waals surface area contributed by atoms with E-state index in [-0.39, 0.29) is 30.2 Å². The molecule has 0 amide bonds. The lowest BCUT2D eigenvalue weighted by atomic mass is 9.92. The molecule has 0 spiro atoms. The van der Waals surface area contributed by atoms with Crippen molar-refractivity contribution in [1.82, 2.24) is 0 Å². The molecular weight excluding hydrogens is 1060 g/mol. The summed E-state index contributed by atoms with van der Waals surface area (Å²) in [6.07, 6.45) is 0. The van der Waals surface area contributed by atoms with Crippen molar-refractivity contribution in [3.63, 3.8) is 0 Å². The minimum Gasteiger partial charge on any atom is -0.542 e. The monoisotopic (exact) mass is 1160 g/mol. The zero-order valence-electron chi connectivity index (χ0n) is 56.4. The fourth-order valence-corrected chi connectivity index (χ4v) is 13.6. The van der Waals surface area contributed by atoms with Crippen LogP contribution in [0.2, 0.25) is 109 Å². The van der Waals surface area contributed by atoms with Crippen LogP contribution in [-0.4, -0.2) is 49.9 Å². The van der Waals surface area contributed by atoms with Crippen molar-refractivity contribution in [1.29, 1.82) is 0 Å². The molecule has 0 aromatic heterocycles. The van der Waals surface area contributed by atoms with Crippen LogP contribution in [0.3, 0.4) is 0 Å². The Labute approximate surface area is 485 Å². The molecular formula is C66H108O6Si6. The van der Waals surface area contributed by atoms with E-state index in [1.165, 1.54) is 0 Å². The predicted octanol–water partition coefficient (Wildman–Crippen LogP) is 20.4. The molecule has 0 N–H and O–H groups in total. The first-order valence-corrected chi connectivity index (χ1v) is 46.1. The van der Waals surface area contributed by atoms with Gasteiger partial charge in [-0.1, -0.05) is 160 Å². The fraction of sp³-hybridized carbons (Fsp3) is 0.636. The number of rotatable bonds is 12. The summed E-state index contributed by atoms with van der Waals surface area (Å²) in [7, 11) is -15.2. The van der Waals surface area contributed by atoms with Gasteiger partial charge in [-0.15, -0.1) is 0 Å². The van der Waals surface area contributed by atoms with E-state index in [1.807, 2.05) is 0 Å². The standard InChI is InChI=1S/C66H108O6Si6/c1-43-44(2)56(68-74(27,28)62(10,11)12)50-39-40-52-54(60(72-78(35,36)66(22,23)24)48(6)47(5)58(52)70-76(31,32)64(16,17)18)42-41-53-51(38-37-49(50)55(43)67-73(25,26)61(7,8)9)57(69-75(29,30)63(13,14)15)45(3)46(4)59(53)71-77(33,34)65(19,20)21/h1-36H3. The Morgan fingerprint density at radius 2 is 0.295 bits per heavy atom. The van der Waals surface area contributed by atoms with Crippen molar-refractivity contribution < 1.29 is 26.6 Å². The van der Waals surface area contributed by atoms with Gasteiger partial charge in [-0.2, -0.15) is 0 Å². The van der Waals surface area contributed by atoms with Crippen molar-refractivity contribution in [2.24, 2.45) is 0 Å². The molecule has 0 atom stereocenters. The van der Waals surface area contributed by atoms with E-state index >= 15 is 0 Å². The minimum absolute atomic E-state index is 0.122. The van der Waals surface area contributed by atoms with Gasteiger partial charge in [-0.05, 0) is 184 Å². The first kappa shape index (κ1) is 66.9. The van der Waals surface area contributed by atoms with Crippen LogP contribution >= 0.6 is 0 Å². The van der Waals surface area contributed by atoms with Crippen molar-refractivity contribution in [3.8, 4) is 70.0 Å². The van der Waals surface area contributed by atoms with Crippen LogP contribution in [0.25, 0.3) is 0 Å². The molecule has 3 aromatic rings. The van der Waals surface area contributed by atoms with Crippen molar-refractivity contribution >= 4 is 49.9 Å². The fourth-order valence-electron chi connectivity index (χ4n) is 7.13. The van der Waals surface area contributed by atoms with Gasteiger partial charge in [0.2, 0.25) is 0 Å². The Morgan fingerprint density at radius 1 is 0.205 bits per heavy atom. The van der Waals surface area contributed by atoms with E-state index in [1.54, 1.807) is 0 Å². The lowest BCUT2D eigenvalue weighted by Gasteiger charge is -2.40. The maximum atomic E-state index is 7.62. The third-order valence-electron chi connectivity index (χ3n) is 19.8. The maximum absolute atomic E-state index is 7.62. The second-order valence-electron chi connectivity index (χ2n) is 31.9. The largest absolute Gasteiger partial charge is 0.542 e. The summed E-state index contributed by atoms with van der Waals surface area (Å²) in [5, 5.41) is -0.733.